The number of rotatable bonds is 3. The van der Waals surface area contributed by atoms with Gasteiger partial charge in [-0.2, -0.15) is 4.52 Å². The molecule has 1 aliphatic heterocycles. The smallest absolute Gasteiger partial charge is 0.275 e. The monoisotopic (exact) mass is 341 g/mol. The van der Waals surface area contributed by atoms with Gasteiger partial charge in [0.2, 0.25) is 10.1 Å². The molecule has 0 N–H and O–H groups in total. The Labute approximate surface area is 144 Å². The summed E-state index contributed by atoms with van der Waals surface area (Å²) >= 11 is 1.46. The van der Waals surface area contributed by atoms with Crippen LogP contribution in [0.15, 0.2) is 47.4 Å². The van der Waals surface area contributed by atoms with Gasteiger partial charge in [-0.15, -0.1) is 5.10 Å². The number of para-hydroxylation sites is 1. The molecule has 0 amide bonds. The summed E-state index contributed by atoms with van der Waals surface area (Å²) in [6.45, 7) is 2.04. The minimum Gasteiger partial charge on any atom is -0.369 e. The first-order valence-electron chi connectivity index (χ1n) is 8.10. The molecule has 1 aromatic carbocycles. The normalized spacial score (nSPS) is 18.0. The summed E-state index contributed by atoms with van der Waals surface area (Å²) in [5.41, 5.74) is 1.13. The van der Waals surface area contributed by atoms with Gasteiger partial charge in [0.05, 0.1) is 0 Å². The molecule has 0 aliphatic carbocycles. The highest BCUT2D eigenvalue weighted by Crippen LogP contribution is 2.27. The lowest BCUT2D eigenvalue weighted by atomic mass is 10.0. The first-order chi connectivity index (χ1) is 11.7. The number of likely N-dealkylation sites (N-methyl/N-ethyl adjacent to an activating group) is 1. The van der Waals surface area contributed by atoms with E-state index in [1.807, 2.05) is 6.07 Å². The lowest BCUT2D eigenvalue weighted by Crippen LogP contribution is -2.46. The maximum absolute atomic E-state index is 11.9. The van der Waals surface area contributed by atoms with E-state index >= 15 is 0 Å². The zero-order chi connectivity index (χ0) is 16.5. The molecule has 2 aromatic heterocycles. The van der Waals surface area contributed by atoms with Gasteiger partial charge in [-0.3, -0.25) is 4.79 Å². The van der Waals surface area contributed by atoms with Crippen molar-refractivity contribution in [3.63, 3.8) is 0 Å². The van der Waals surface area contributed by atoms with Gasteiger partial charge in [-0.1, -0.05) is 29.5 Å². The van der Waals surface area contributed by atoms with E-state index in [-0.39, 0.29) is 5.56 Å². The Morgan fingerprint density at radius 3 is 2.88 bits per heavy atom. The van der Waals surface area contributed by atoms with E-state index in [1.54, 1.807) is 0 Å². The number of benzene rings is 1. The van der Waals surface area contributed by atoms with Gasteiger partial charge in [0, 0.05) is 44.1 Å². The lowest BCUT2D eigenvalue weighted by Gasteiger charge is -2.38. The van der Waals surface area contributed by atoms with Crippen molar-refractivity contribution in [1.82, 2.24) is 14.6 Å². The van der Waals surface area contributed by atoms with Crippen molar-refractivity contribution >= 4 is 27.1 Å². The van der Waals surface area contributed by atoms with Gasteiger partial charge >= 0.3 is 0 Å². The SMILES string of the molecule is CN(c1nn2c(=O)ccnc2s1)C1CCCN(c2ccccc2)C1. The molecule has 1 fully saturated rings. The second kappa shape index (κ2) is 6.24. The average molecular weight is 341 g/mol. The molecule has 1 aliphatic rings. The molecule has 4 rings (SSSR count). The molecule has 0 bridgehead atoms. The topological polar surface area (TPSA) is 53.7 Å². The van der Waals surface area contributed by atoms with Crippen LogP contribution in [0.3, 0.4) is 0 Å². The average Bonchev–Trinajstić information content (AvgIpc) is 3.08. The van der Waals surface area contributed by atoms with Crippen molar-refractivity contribution in [3.05, 3.63) is 52.9 Å². The van der Waals surface area contributed by atoms with E-state index in [0.717, 1.165) is 31.1 Å². The van der Waals surface area contributed by atoms with Crippen LogP contribution in [-0.2, 0) is 0 Å². The molecule has 1 unspecified atom stereocenters. The number of fused-ring (bicyclic) bond motifs is 1. The minimum absolute atomic E-state index is 0.134. The fourth-order valence-corrected chi connectivity index (χ4v) is 4.09. The van der Waals surface area contributed by atoms with Crippen molar-refractivity contribution < 1.29 is 0 Å². The quantitative estimate of drug-likeness (QED) is 0.731. The second-order valence-corrected chi connectivity index (χ2v) is 6.99. The summed E-state index contributed by atoms with van der Waals surface area (Å²) in [4.78, 5) is 21.3. The zero-order valence-corrected chi connectivity index (χ0v) is 14.3. The van der Waals surface area contributed by atoms with E-state index in [4.69, 9.17) is 0 Å². The van der Waals surface area contributed by atoms with Crippen LogP contribution in [0, 0.1) is 0 Å². The highest BCUT2D eigenvalue weighted by atomic mass is 32.1. The number of piperidine rings is 1. The van der Waals surface area contributed by atoms with Crippen LogP contribution in [0.1, 0.15) is 12.8 Å². The summed E-state index contributed by atoms with van der Waals surface area (Å²) in [5.74, 6) is 0. The third-order valence-electron chi connectivity index (χ3n) is 4.53. The summed E-state index contributed by atoms with van der Waals surface area (Å²) in [5, 5.41) is 5.29. The van der Waals surface area contributed by atoms with Gasteiger partial charge in [-0.25, -0.2) is 4.98 Å². The third kappa shape index (κ3) is 2.75. The predicted octanol–water partition coefficient (Wildman–Crippen LogP) is 2.26. The Bertz CT molecular complexity index is 891. The maximum Gasteiger partial charge on any atom is 0.275 e. The van der Waals surface area contributed by atoms with Crippen LogP contribution in [0.4, 0.5) is 10.8 Å². The highest BCUT2D eigenvalue weighted by Gasteiger charge is 2.25. The van der Waals surface area contributed by atoms with Crippen LogP contribution in [0.25, 0.3) is 4.96 Å². The van der Waals surface area contributed by atoms with E-state index in [9.17, 15) is 4.79 Å². The number of anilines is 2. The number of hydrogen-bond acceptors (Lipinski definition) is 6. The van der Waals surface area contributed by atoms with Gasteiger partial charge < -0.3 is 9.80 Å². The molecular weight excluding hydrogens is 322 g/mol. The molecule has 1 atom stereocenters. The van der Waals surface area contributed by atoms with E-state index in [0.29, 0.717) is 11.0 Å². The molecule has 3 heterocycles. The van der Waals surface area contributed by atoms with Crippen molar-refractivity contribution in [2.24, 2.45) is 0 Å². The third-order valence-corrected chi connectivity index (χ3v) is 5.54. The van der Waals surface area contributed by atoms with Gasteiger partial charge in [0.25, 0.3) is 5.56 Å². The molecule has 1 saturated heterocycles. The van der Waals surface area contributed by atoms with Gasteiger partial charge in [0.15, 0.2) is 0 Å². The maximum atomic E-state index is 11.9. The fraction of sp³-hybridized carbons (Fsp3) is 0.353. The van der Waals surface area contributed by atoms with Crippen LogP contribution < -0.4 is 15.4 Å². The minimum atomic E-state index is -0.134. The Kier molecular flexibility index (Phi) is 3.93. The van der Waals surface area contributed by atoms with Crippen LogP contribution in [0.5, 0.6) is 0 Å². The fourth-order valence-electron chi connectivity index (χ4n) is 3.18. The first kappa shape index (κ1) is 15.1. The van der Waals surface area contributed by atoms with Crippen molar-refractivity contribution in [2.45, 2.75) is 18.9 Å². The Balaban J connectivity index is 1.57. The number of aromatic nitrogens is 3. The van der Waals surface area contributed by atoms with Crippen LogP contribution in [0.2, 0.25) is 0 Å². The summed E-state index contributed by atoms with van der Waals surface area (Å²) < 4.78 is 1.38. The molecule has 7 heteroatoms. The van der Waals surface area contributed by atoms with Crippen molar-refractivity contribution in [3.8, 4) is 0 Å². The van der Waals surface area contributed by atoms with E-state index in [1.165, 1.54) is 33.8 Å². The Hall–Kier alpha value is -2.41. The molecule has 0 radical (unpaired) electrons. The summed E-state index contributed by atoms with van der Waals surface area (Å²) in [6, 6.07) is 12.3. The van der Waals surface area contributed by atoms with Crippen LogP contribution >= 0.6 is 11.3 Å². The Morgan fingerprint density at radius 2 is 2.08 bits per heavy atom. The summed E-state index contributed by atoms with van der Waals surface area (Å²) in [7, 11) is 2.06. The molecule has 24 heavy (non-hydrogen) atoms. The largest absolute Gasteiger partial charge is 0.369 e. The molecular formula is C17H19N5OS. The highest BCUT2D eigenvalue weighted by molar-refractivity contribution is 7.20. The van der Waals surface area contributed by atoms with Crippen molar-refractivity contribution in [1.29, 1.82) is 0 Å². The number of hydrogen-bond donors (Lipinski definition) is 0. The van der Waals surface area contributed by atoms with Gasteiger partial charge in [0.1, 0.15) is 0 Å². The standard InChI is InChI=1S/C17H19N5OS/c1-20(17-19-22-15(23)9-10-18-16(22)24-17)14-8-5-11-21(12-14)13-6-3-2-4-7-13/h2-4,6-7,9-10,14H,5,8,11-12H2,1H3. The Morgan fingerprint density at radius 1 is 1.25 bits per heavy atom. The number of nitrogens with zero attached hydrogens (tertiary/aromatic N) is 5. The molecule has 0 saturated carbocycles. The zero-order valence-electron chi connectivity index (χ0n) is 13.5. The first-order valence-corrected chi connectivity index (χ1v) is 8.92. The molecule has 0 spiro atoms. The van der Waals surface area contributed by atoms with Gasteiger partial charge in [-0.05, 0) is 25.0 Å². The second-order valence-electron chi connectivity index (χ2n) is 6.05. The molecule has 6 nitrogen and oxygen atoms in total. The molecule has 124 valence electrons. The lowest BCUT2D eigenvalue weighted by molar-refractivity contribution is 0.486. The van der Waals surface area contributed by atoms with Crippen molar-refractivity contribution in [2.75, 3.05) is 29.9 Å². The summed E-state index contributed by atoms with van der Waals surface area (Å²) in [6.07, 6.45) is 3.81. The molecule has 3 aromatic rings. The predicted molar refractivity (Wildman–Crippen MR) is 97.2 cm³/mol. The van der Waals surface area contributed by atoms with E-state index < -0.39 is 0 Å². The van der Waals surface area contributed by atoms with Crippen LogP contribution in [-0.4, -0.2) is 40.8 Å². The van der Waals surface area contributed by atoms with E-state index in [2.05, 4.69) is 51.2 Å².